The predicted molar refractivity (Wildman–Crippen MR) is 64.2 cm³/mol. The van der Waals surface area contributed by atoms with E-state index < -0.39 is 0 Å². The van der Waals surface area contributed by atoms with Crippen LogP contribution in [0.1, 0.15) is 19.5 Å². The lowest BCUT2D eigenvalue weighted by atomic mass is 10.3. The lowest BCUT2D eigenvalue weighted by Crippen LogP contribution is -2.21. The standard InChI is InChI=1S/C11H18N6/c1-10(2)12-7-11-8-16(9-13-11)5-6-17-4-3-14-15-17/h3-4,8-10,12H,5-7H2,1-2H3. The van der Waals surface area contributed by atoms with Crippen molar-refractivity contribution in [3.63, 3.8) is 0 Å². The van der Waals surface area contributed by atoms with Crippen LogP contribution in [0, 0.1) is 0 Å². The number of imidazole rings is 1. The van der Waals surface area contributed by atoms with Crippen LogP contribution in [-0.2, 0) is 19.6 Å². The van der Waals surface area contributed by atoms with Gasteiger partial charge in [-0.05, 0) is 0 Å². The molecule has 1 N–H and O–H groups in total. The quantitative estimate of drug-likeness (QED) is 0.798. The first-order valence-electron chi connectivity index (χ1n) is 5.82. The zero-order chi connectivity index (χ0) is 12.1. The van der Waals surface area contributed by atoms with Gasteiger partial charge in [0, 0.05) is 31.5 Å². The van der Waals surface area contributed by atoms with E-state index in [0.29, 0.717) is 6.04 Å². The third-order valence-corrected chi connectivity index (χ3v) is 2.44. The van der Waals surface area contributed by atoms with Crippen molar-refractivity contribution in [3.05, 3.63) is 30.6 Å². The van der Waals surface area contributed by atoms with E-state index in [4.69, 9.17) is 0 Å². The van der Waals surface area contributed by atoms with Crippen LogP contribution in [0.15, 0.2) is 24.9 Å². The lowest BCUT2D eigenvalue weighted by molar-refractivity contribution is 0.518. The Morgan fingerprint density at radius 3 is 2.94 bits per heavy atom. The third-order valence-electron chi connectivity index (χ3n) is 2.44. The second kappa shape index (κ2) is 5.58. The number of nitrogens with zero attached hydrogens (tertiary/aromatic N) is 5. The van der Waals surface area contributed by atoms with Crippen LogP contribution in [-0.4, -0.2) is 30.6 Å². The molecule has 0 unspecified atom stereocenters. The molecule has 0 aliphatic rings. The number of nitrogens with one attached hydrogen (secondary N) is 1. The van der Waals surface area contributed by atoms with Gasteiger partial charge >= 0.3 is 0 Å². The van der Waals surface area contributed by atoms with Crippen LogP contribution in [0.3, 0.4) is 0 Å². The van der Waals surface area contributed by atoms with Crippen molar-refractivity contribution in [2.45, 2.75) is 39.5 Å². The van der Waals surface area contributed by atoms with Crippen LogP contribution >= 0.6 is 0 Å². The molecule has 0 saturated carbocycles. The van der Waals surface area contributed by atoms with E-state index in [-0.39, 0.29) is 0 Å². The zero-order valence-electron chi connectivity index (χ0n) is 10.2. The van der Waals surface area contributed by atoms with E-state index in [1.54, 1.807) is 6.20 Å². The van der Waals surface area contributed by atoms with Crippen molar-refractivity contribution in [3.8, 4) is 0 Å². The van der Waals surface area contributed by atoms with Crippen molar-refractivity contribution in [2.24, 2.45) is 0 Å². The Labute approximate surface area is 101 Å². The molecule has 0 aromatic carbocycles. The van der Waals surface area contributed by atoms with Crippen molar-refractivity contribution in [1.82, 2.24) is 29.9 Å². The summed E-state index contributed by atoms with van der Waals surface area (Å²) < 4.78 is 3.88. The lowest BCUT2D eigenvalue weighted by Gasteiger charge is -2.05. The molecule has 2 rings (SSSR count). The summed E-state index contributed by atoms with van der Waals surface area (Å²) in [7, 11) is 0. The molecule has 0 radical (unpaired) electrons. The number of aromatic nitrogens is 5. The summed E-state index contributed by atoms with van der Waals surface area (Å²) in [4.78, 5) is 4.34. The van der Waals surface area contributed by atoms with E-state index >= 15 is 0 Å². The van der Waals surface area contributed by atoms with Gasteiger partial charge in [0.2, 0.25) is 0 Å². The van der Waals surface area contributed by atoms with Gasteiger partial charge in [-0.3, -0.25) is 4.68 Å². The molecule has 17 heavy (non-hydrogen) atoms. The fraction of sp³-hybridized carbons (Fsp3) is 0.545. The second-order valence-electron chi connectivity index (χ2n) is 4.30. The minimum Gasteiger partial charge on any atom is -0.335 e. The van der Waals surface area contributed by atoms with Crippen molar-refractivity contribution >= 4 is 0 Å². The van der Waals surface area contributed by atoms with Crippen LogP contribution in [0.25, 0.3) is 0 Å². The Balaban J connectivity index is 1.81. The van der Waals surface area contributed by atoms with Crippen molar-refractivity contribution in [1.29, 1.82) is 0 Å². The van der Waals surface area contributed by atoms with Gasteiger partial charge in [-0.2, -0.15) is 0 Å². The largest absolute Gasteiger partial charge is 0.335 e. The van der Waals surface area contributed by atoms with Crippen LogP contribution in [0.5, 0.6) is 0 Å². The summed E-state index contributed by atoms with van der Waals surface area (Å²) >= 11 is 0. The summed E-state index contributed by atoms with van der Waals surface area (Å²) in [5, 5.41) is 11.0. The molecule has 2 aromatic rings. The van der Waals surface area contributed by atoms with E-state index in [1.807, 2.05) is 17.2 Å². The third kappa shape index (κ3) is 3.67. The molecule has 2 aromatic heterocycles. The molecular weight excluding hydrogens is 216 g/mol. The molecular formula is C11H18N6. The van der Waals surface area contributed by atoms with Gasteiger partial charge in [-0.1, -0.05) is 19.1 Å². The first-order valence-corrected chi connectivity index (χ1v) is 5.82. The average Bonchev–Trinajstić information content (AvgIpc) is 2.95. The monoisotopic (exact) mass is 234 g/mol. The number of rotatable bonds is 6. The van der Waals surface area contributed by atoms with E-state index in [9.17, 15) is 0 Å². The minimum absolute atomic E-state index is 0.482. The molecule has 0 fully saturated rings. The molecule has 92 valence electrons. The predicted octanol–water partition coefficient (Wildman–Crippen LogP) is 0.673. The highest BCUT2D eigenvalue weighted by atomic mass is 15.4. The van der Waals surface area contributed by atoms with Gasteiger partial charge in [0.1, 0.15) is 0 Å². The second-order valence-corrected chi connectivity index (χ2v) is 4.30. The maximum atomic E-state index is 4.34. The van der Waals surface area contributed by atoms with Gasteiger partial charge in [0.15, 0.2) is 0 Å². The number of hydrogen-bond donors (Lipinski definition) is 1. The molecule has 6 nitrogen and oxygen atoms in total. The Kier molecular flexibility index (Phi) is 3.87. The molecule has 2 heterocycles. The molecule has 0 spiro atoms. The highest BCUT2D eigenvalue weighted by molar-refractivity contribution is 4.96. The molecule has 0 aliphatic heterocycles. The molecule has 0 amide bonds. The first kappa shape index (κ1) is 11.8. The molecule has 6 heteroatoms. The maximum absolute atomic E-state index is 4.34. The van der Waals surface area contributed by atoms with Gasteiger partial charge in [0.05, 0.1) is 24.8 Å². The fourth-order valence-corrected chi connectivity index (χ4v) is 1.50. The van der Waals surface area contributed by atoms with E-state index in [2.05, 4.69) is 45.2 Å². The SMILES string of the molecule is CC(C)NCc1cn(CCn2ccnn2)cn1. The topological polar surface area (TPSA) is 60.6 Å². The minimum atomic E-state index is 0.482. The molecule has 0 atom stereocenters. The normalized spacial score (nSPS) is 11.2. The average molecular weight is 234 g/mol. The number of aryl methyl sites for hydroxylation is 2. The van der Waals surface area contributed by atoms with Gasteiger partial charge in [-0.15, -0.1) is 5.10 Å². The molecule has 0 bridgehead atoms. The fourth-order valence-electron chi connectivity index (χ4n) is 1.50. The Morgan fingerprint density at radius 2 is 2.24 bits per heavy atom. The maximum Gasteiger partial charge on any atom is 0.0950 e. The molecule has 0 aliphatic carbocycles. The van der Waals surface area contributed by atoms with E-state index in [1.165, 1.54) is 0 Å². The summed E-state index contributed by atoms with van der Waals surface area (Å²) in [6.45, 7) is 6.74. The van der Waals surface area contributed by atoms with E-state index in [0.717, 1.165) is 25.3 Å². The van der Waals surface area contributed by atoms with Crippen LogP contribution in [0.4, 0.5) is 0 Å². The Bertz CT molecular complexity index is 431. The Morgan fingerprint density at radius 1 is 1.35 bits per heavy atom. The number of hydrogen-bond acceptors (Lipinski definition) is 4. The summed E-state index contributed by atoms with van der Waals surface area (Å²) in [6, 6.07) is 0.482. The van der Waals surface area contributed by atoms with Crippen molar-refractivity contribution < 1.29 is 0 Å². The van der Waals surface area contributed by atoms with Crippen LogP contribution in [0.2, 0.25) is 0 Å². The van der Waals surface area contributed by atoms with Crippen molar-refractivity contribution in [2.75, 3.05) is 0 Å². The zero-order valence-corrected chi connectivity index (χ0v) is 10.2. The summed E-state index contributed by atoms with van der Waals surface area (Å²) in [5.74, 6) is 0. The molecule has 0 saturated heterocycles. The van der Waals surface area contributed by atoms with Gasteiger partial charge in [-0.25, -0.2) is 4.98 Å². The highest BCUT2D eigenvalue weighted by Crippen LogP contribution is 1.97. The smallest absolute Gasteiger partial charge is 0.0950 e. The first-order chi connectivity index (χ1) is 8.24. The highest BCUT2D eigenvalue weighted by Gasteiger charge is 2.00. The Hall–Kier alpha value is -1.69. The summed E-state index contributed by atoms with van der Waals surface area (Å²) in [5.41, 5.74) is 1.07. The van der Waals surface area contributed by atoms with Gasteiger partial charge < -0.3 is 9.88 Å². The van der Waals surface area contributed by atoms with Crippen LogP contribution < -0.4 is 5.32 Å². The summed E-state index contributed by atoms with van der Waals surface area (Å²) in [6.07, 6.45) is 7.46. The van der Waals surface area contributed by atoms with Gasteiger partial charge in [0.25, 0.3) is 0 Å².